The Bertz CT molecular complexity index is 613. The number of carbonyl (C=O) groups is 2. The highest BCUT2D eigenvalue weighted by atomic mass is 32.2. The van der Waals surface area contributed by atoms with E-state index in [-0.39, 0.29) is 23.6 Å². The van der Waals surface area contributed by atoms with E-state index in [1.165, 1.54) is 13.0 Å². The first-order chi connectivity index (χ1) is 8.67. The van der Waals surface area contributed by atoms with Gasteiger partial charge in [-0.2, -0.15) is 0 Å². The third kappa shape index (κ3) is 5.47. The number of hydrogen-bond donors (Lipinski definition) is 2. The van der Waals surface area contributed by atoms with Crippen molar-refractivity contribution in [3.8, 4) is 0 Å². The van der Waals surface area contributed by atoms with Crippen molar-refractivity contribution in [2.24, 2.45) is 0 Å². The van der Waals surface area contributed by atoms with E-state index in [9.17, 15) is 22.4 Å². The maximum Gasteiger partial charge on any atom is 0.231 e. The molecular formula is C11H13FN2O4S. The van der Waals surface area contributed by atoms with Crippen LogP contribution in [0.5, 0.6) is 0 Å². The number of amides is 1. The van der Waals surface area contributed by atoms with Crippen LogP contribution in [0.25, 0.3) is 0 Å². The van der Waals surface area contributed by atoms with E-state index in [0.29, 0.717) is 0 Å². The van der Waals surface area contributed by atoms with Crippen molar-refractivity contribution >= 4 is 33.1 Å². The molecule has 0 aromatic heterocycles. The normalized spacial score (nSPS) is 10.9. The Morgan fingerprint density at radius 3 is 2.47 bits per heavy atom. The van der Waals surface area contributed by atoms with Gasteiger partial charge in [0.15, 0.2) is 0 Å². The first-order valence-electron chi connectivity index (χ1n) is 5.24. The number of ketones is 1. The Labute approximate surface area is 110 Å². The second-order valence-electron chi connectivity index (χ2n) is 4.00. The molecule has 0 aliphatic rings. The molecule has 0 bridgehead atoms. The van der Waals surface area contributed by atoms with Gasteiger partial charge in [0, 0.05) is 5.69 Å². The molecule has 0 spiro atoms. The molecule has 0 radical (unpaired) electrons. The number of nitrogens with one attached hydrogen (secondary N) is 2. The van der Waals surface area contributed by atoms with Gasteiger partial charge in [-0.25, -0.2) is 12.8 Å². The van der Waals surface area contributed by atoms with Gasteiger partial charge in [-0.3, -0.25) is 14.3 Å². The van der Waals surface area contributed by atoms with Crippen LogP contribution >= 0.6 is 0 Å². The summed E-state index contributed by atoms with van der Waals surface area (Å²) in [7, 11) is -3.62. The molecule has 0 saturated heterocycles. The lowest BCUT2D eigenvalue weighted by Crippen LogP contribution is -2.15. The van der Waals surface area contributed by atoms with E-state index >= 15 is 0 Å². The molecule has 104 valence electrons. The minimum atomic E-state index is -3.62. The molecule has 0 aliphatic heterocycles. The summed E-state index contributed by atoms with van der Waals surface area (Å²) in [4.78, 5) is 22.1. The standard InChI is InChI=1S/C11H13FN2O4S/c1-7(15)5-11(16)13-8-3-4-9(12)10(6-8)14-19(2,17)18/h3-4,6,14H,5H2,1-2H3,(H,13,16). The van der Waals surface area contributed by atoms with E-state index in [2.05, 4.69) is 5.32 Å². The number of sulfonamides is 1. The minimum absolute atomic E-state index is 0.193. The lowest BCUT2D eigenvalue weighted by Gasteiger charge is -2.09. The zero-order valence-corrected chi connectivity index (χ0v) is 11.2. The summed E-state index contributed by atoms with van der Waals surface area (Å²) >= 11 is 0. The van der Waals surface area contributed by atoms with Crippen molar-refractivity contribution < 1.29 is 22.4 Å². The Morgan fingerprint density at radius 2 is 1.95 bits per heavy atom. The number of benzene rings is 1. The summed E-state index contributed by atoms with van der Waals surface area (Å²) in [5, 5.41) is 2.37. The fraction of sp³-hybridized carbons (Fsp3) is 0.273. The quantitative estimate of drug-likeness (QED) is 0.794. The molecule has 19 heavy (non-hydrogen) atoms. The van der Waals surface area contributed by atoms with Crippen molar-refractivity contribution in [3.63, 3.8) is 0 Å². The van der Waals surface area contributed by atoms with Crippen molar-refractivity contribution in [1.29, 1.82) is 0 Å². The average Bonchev–Trinajstić information content (AvgIpc) is 2.19. The molecule has 0 unspecified atom stereocenters. The third-order valence-electron chi connectivity index (χ3n) is 1.95. The van der Waals surface area contributed by atoms with Crippen LogP contribution in [0.2, 0.25) is 0 Å². The highest BCUT2D eigenvalue weighted by Crippen LogP contribution is 2.20. The van der Waals surface area contributed by atoms with Crippen LogP contribution in [0, 0.1) is 5.82 Å². The fourth-order valence-electron chi connectivity index (χ4n) is 1.31. The largest absolute Gasteiger partial charge is 0.326 e. The molecule has 1 amide bonds. The van der Waals surface area contributed by atoms with Gasteiger partial charge in [0.2, 0.25) is 15.9 Å². The summed E-state index contributed by atoms with van der Waals surface area (Å²) in [6.45, 7) is 1.26. The van der Waals surface area contributed by atoms with Crippen molar-refractivity contribution in [2.45, 2.75) is 13.3 Å². The van der Waals surface area contributed by atoms with Crippen LogP contribution in [0.4, 0.5) is 15.8 Å². The lowest BCUT2D eigenvalue weighted by atomic mass is 10.2. The Hall–Kier alpha value is -1.96. The van der Waals surface area contributed by atoms with E-state index in [0.717, 1.165) is 18.4 Å². The van der Waals surface area contributed by atoms with Crippen molar-refractivity contribution in [1.82, 2.24) is 0 Å². The number of hydrogen-bond acceptors (Lipinski definition) is 4. The number of halogens is 1. The van der Waals surface area contributed by atoms with Crippen LogP contribution in [-0.2, 0) is 19.6 Å². The van der Waals surface area contributed by atoms with Gasteiger partial charge in [-0.05, 0) is 25.1 Å². The van der Waals surface area contributed by atoms with Crippen LogP contribution in [0.3, 0.4) is 0 Å². The second kappa shape index (κ2) is 5.79. The van der Waals surface area contributed by atoms with Gasteiger partial charge in [0.25, 0.3) is 0 Å². The van der Waals surface area contributed by atoms with Gasteiger partial charge in [0.1, 0.15) is 11.6 Å². The van der Waals surface area contributed by atoms with Crippen LogP contribution in [0.15, 0.2) is 18.2 Å². The summed E-state index contributed by atoms with van der Waals surface area (Å²) in [5.74, 6) is -1.63. The highest BCUT2D eigenvalue weighted by molar-refractivity contribution is 7.92. The van der Waals surface area contributed by atoms with Crippen LogP contribution < -0.4 is 10.0 Å². The first kappa shape index (κ1) is 15.1. The third-order valence-corrected chi connectivity index (χ3v) is 2.55. The van der Waals surface area contributed by atoms with Gasteiger partial charge in [0.05, 0.1) is 18.4 Å². The SMILES string of the molecule is CC(=O)CC(=O)Nc1ccc(F)c(NS(C)(=O)=O)c1. The summed E-state index contributed by atoms with van der Waals surface area (Å²) in [6, 6.07) is 3.41. The van der Waals surface area contributed by atoms with Gasteiger partial charge in [-0.15, -0.1) is 0 Å². The molecule has 0 fully saturated rings. The average molecular weight is 288 g/mol. The van der Waals surface area contributed by atoms with E-state index < -0.39 is 21.7 Å². The Kier molecular flexibility index (Phi) is 4.60. The van der Waals surface area contributed by atoms with Crippen molar-refractivity contribution in [3.05, 3.63) is 24.0 Å². The maximum absolute atomic E-state index is 13.4. The monoisotopic (exact) mass is 288 g/mol. The van der Waals surface area contributed by atoms with Gasteiger partial charge < -0.3 is 5.32 Å². The van der Waals surface area contributed by atoms with Gasteiger partial charge in [-0.1, -0.05) is 0 Å². The zero-order valence-electron chi connectivity index (χ0n) is 10.4. The molecule has 6 nitrogen and oxygen atoms in total. The minimum Gasteiger partial charge on any atom is -0.326 e. The predicted molar refractivity (Wildman–Crippen MR) is 68.8 cm³/mol. The second-order valence-corrected chi connectivity index (χ2v) is 5.74. The van der Waals surface area contributed by atoms with Crippen molar-refractivity contribution in [2.75, 3.05) is 16.3 Å². The molecule has 0 saturated carbocycles. The predicted octanol–water partition coefficient (Wildman–Crippen LogP) is 1.11. The molecule has 0 heterocycles. The number of Topliss-reactive ketones (excluding diaryl/α,β-unsaturated/α-hetero) is 1. The highest BCUT2D eigenvalue weighted by Gasteiger charge is 2.10. The molecule has 1 aromatic carbocycles. The smallest absolute Gasteiger partial charge is 0.231 e. The molecule has 2 N–H and O–H groups in total. The fourth-order valence-corrected chi connectivity index (χ4v) is 1.87. The summed E-state index contributed by atoms with van der Waals surface area (Å²) in [6.07, 6.45) is 0.583. The Morgan fingerprint density at radius 1 is 1.32 bits per heavy atom. The van der Waals surface area contributed by atoms with Crippen LogP contribution in [0.1, 0.15) is 13.3 Å². The van der Waals surface area contributed by atoms with Gasteiger partial charge >= 0.3 is 0 Å². The van der Waals surface area contributed by atoms with E-state index in [4.69, 9.17) is 0 Å². The van der Waals surface area contributed by atoms with E-state index in [1.807, 2.05) is 4.72 Å². The Balaban J connectivity index is 2.90. The number of anilines is 2. The molecule has 1 aromatic rings. The number of carbonyl (C=O) groups excluding carboxylic acids is 2. The van der Waals surface area contributed by atoms with Crippen LogP contribution in [-0.4, -0.2) is 26.4 Å². The summed E-state index contributed by atoms with van der Waals surface area (Å²) in [5.41, 5.74) is -0.0816. The number of rotatable bonds is 5. The summed E-state index contributed by atoms with van der Waals surface area (Å²) < 4.78 is 37.4. The molecule has 0 atom stereocenters. The molecular weight excluding hydrogens is 275 g/mol. The first-order valence-corrected chi connectivity index (χ1v) is 7.13. The maximum atomic E-state index is 13.4. The topological polar surface area (TPSA) is 92.3 Å². The van der Waals surface area contributed by atoms with E-state index in [1.54, 1.807) is 0 Å². The molecule has 0 aliphatic carbocycles. The lowest BCUT2D eigenvalue weighted by molar-refractivity contribution is -0.124. The molecule has 1 rings (SSSR count). The molecule has 8 heteroatoms. The zero-order chi connectivity index (χ0) is 14.6.